The van der Waals surface area contributed by atoms with Crippen molar-refractivity contribution in [1.29, 1.82) is 0 Å². The van der Waals surface area contributed by atoms with Crippen LogP contribution < -0.4 is 5.32 Å². The van der Waals surface area contributed by atoms with Crippen molar-refractivity contribution in [3.63, 3.8) is 0 Å². The Labute approximate surface area is 130 Å². The fourth-order valence-electron chi connectivity index (χ4n) is 3.43. The molecule has 2 saturated heterocycles. The van der Waals surface area contributed by atoms with Crippen molar-refractivity contribution in [2.45, 2.75) is 38.6 Å². The summed E-state index contributed by atoms with van der Waals surface area (Å²) in [5.41, 5.74) is 0.320. The second kappa shape index (κ2) is 6.36. The fraction of sp³-hybridized carbons (Fsp3) is 0.688. The minimum absolute atomic E-state index is 0.0959. The van der Waals surface area contributed by atoms with Gasteiger partial charge in [0.15, 0.2) is 0 Å². The molecule has 4 nitrogen and oxygen atoms in total. The Kier molecular flexibility index (Phi) is 4.50. The van der Waals surface area contributed by atoms with Crippen molar-refractivity contribution in [2.24, 2.45) is 5.41 Å². The van der Waals surface area contributed by atoms with E-state index in [0.717, 1.165) is 52.0 Å². The van der Waals surface area contributed by atoms with Gasteiger partial charge in [0.25, 0.3) is 0 Å². The van der Waals surface area contributed by atoms with Crippen LogP contribution in [0.15, 0.2) is 17.5 Å². The van der Waals surface area contributed by atoms with E-state index >= 15 is 0 Å². The summed E-state index contributed by atoms with van der Waals surface area (Å²) in [6.45, 7) is 5.59. The van der Waals surface area contributed by atoms with Crippen molar-refractivity contribution in [1.82, 2.24) is 10.2 Å². The quantitative estimate of drug-likeness (QED) is 0.929. The summed E-state index contributed by atoms with van der Waals surface area (Å²) in [5.74, 6) is 0. The zero-order chi connectivity index (χ0) is 14.7. The van der Waals surface area contributed by atoms with Crippen LogP contribution in [0, 0.1) is 5.41 Å². The lowest BCUT2D eigenvalue weighted by molar-refractivity contribution is 0.0208. The molecule has 3 rings (SSSR count). The van der Waals surface area contributed by atoms with Crippen LogP contribution in [0.4, 0.5) is 4.79 Å². The number of hydrogen-bond acceptors (Lipinski definition) is 3. The first-order valence-corrected chi connectivity index (χ1v) is 8.77. The van der Waals surface area contributed by atoms with Crippen molar-refractivity contribution >= 4 is 17.4 Å². The average molecular weight is 308 g/mol. The summed E-state index contributed by atoms with van der Waals surface area (Å²) in [5, 5.41) is 5.27. The Bertz CT molecular complexity index is 469. The van der Waals surface area contributed by atoms with Crippen molar-refractivity contribution < 1.29 is 9.53 Å². The van der Waals surface area contributed by atoms with Crippen molar-refractivity contribution in [3.05, 3.63) is 22.4 Å². The second-order valence-electron chi connectivity index (χ2n) is 6.21. The highest BCUT2D eigenvalue weighted by Crippen LogP contribution is 2.39. The van der Waals surface area contributed by atoms with E-state index in [9.17, 15) is 4.79 Å². The zero-order valence-electron chi connectivity index (χ0n) is 12.6. The van der Waals surface area contributed by atoms with Gasteiger partial charge in [-0.1, -0.05) is 13.0 Å². The average Bonchev–Trinajstić information content (AvgIpc) is 3.16. The van der Waals surface area contributed by atoms with Gasteiger partial charge in [-0.15, -0.1) is 11.3 Å². The summed E-state index contributed by atoms with van der Waals surface area (Å²) in [4.78, 5) is 15.8. The molecule has 1 spiro atoms. The smallest absolute Gasteiger partial charge is 0.317 e. The van der Waals surface area contributed by atoms with Gasteiger partial charge >= 0.3 is 6.03 Å². The van der Waals surface area contributed by atoms with Crippen LogP contribution >= 0.6 is 11.3 Å². The first-order chi connectivity index (χ1) is 10.2. The first kappa shape index (κ1) is 14.9. The number of rotatable bonds is 3. The molecule has 0 bridgehead atoms. The van der Waals surface area contributed by atoms with Gasteiger partial charge in [0.2, 0.25) is 0 Å². The second-order valence-corrected chi connectivity index (χ2v) is 7.19. The van der Waals surface area contributed by atoms with E-state index in [1.165, 1.54) is 4.88 Å². The number of likely N-dealkylation sites (tertiary alicyclic amines) is 1. The van der Waals surface area contributed by atoms with E-state index in [2.05, 4.69) is 23.7 Å². The molecule has 116 valence electrons. The maximum Gasteiger partial charge on any atom is 0.317 e. The molecule has 1 aromatic heterocycles. The molecular weight excluding hydrogens is 284 g/mol. The topological polar surface area (TPSA) is 41.6 Å². The summed E-state index contributed by atoms with van der Waals surface area (Å²) in [6.07, 6.45) is 4.25. The van der Waals surface area contributed by atoms with E-state index in [-0.39, 0.29) is 12.1 Å². The van der Waals surface area contributed by atoms with Crippen LogP contribution in [-0.2, 0) is 4.74 Å². The lowest BCUT2D eigenvalue weighted by Gasteiger charge is -2.33. The normalized spacial score (nSPS) is 22.4. The van der Waals surface area contributed by atoms with Crippen molar-refractivity contribution in [2.75, 3.05) is 26.3 Å². The lowest BCUT2D eigenvalue weighted by Crippen LogP contribution is -2.42. The number of hydrogen-bond donors (Lipinski definition) is 1. The van der Waals surface area contributed by atoms with Gasteiger partial charge in [-0.05, 0) is 42.5 Å². The third-order valence-electron chi connectivity index (χ3n) is 4.87. The minimum atomic E-state index is 0.0959. The Morgan fingerprint density at radius 1 is 1.48 bits per heavy atom. The third kappa shape index (κ3) is 3.24. The molecule has 2 amide bonds. The highest BCUT2D eigenvalue weighted by Gasteiger charge is 2.41. The number of nitrogens with zero attached hydrogens (tertiary/aromatic N) is 1. The molecule has 2 fully saturated rings. The van der Waals surface area contributed by atoms with E-state index in [0.29, 0.717) is 5.41 Å². The van der Waals surface area contributed by atoms with Crippen LogP contribution in [0.3, 0.4) is 0 Å². The Morgan fingerprint density at radius 2 is 2.29 bits per heavy atom. The highest BCUT2D eigenvalue weighted by atomic mass is 32.1. The number of ether oxygens (including phenoxy) is 1. The molecule has 3 heterocycles. The van der Waals surface area contributed by atoms with E-state index < -0.39 is 0 Å². The Morgan fingerprint density at radius 3 is 2.95 bits per heavy atom. The molecule has 0 aliphatic carbocycles. The molecule has 2 aliphatic rings. The summed E-state index contributed by atoms with van der Waals surface area (Å²) < 4.78 is 5.47. The van der Waals surface area contributed by atoms with Crippen LogP contribution in [0.2, 0.25) is 0 Å². The molecule has 2 aliphatic heterocycles. The molecule has 1 aromatic rings. The molecule has 0 aromatic carbocycles. The molecule has 5 heteroatoms. The summed E-state index contributed by atoms with van der Waals surface area (Å²) in [7, 11) is 0. The summed E-state index contributed by atoms with van der Waals surface area (Å²) in [6, 6.07) is 4.38. The van der Waals surface area contributed by atoms with Gasteiger partial charge in [-0.25, -0.2) is 4.79 Å². The number of nitrogens with one attached hydrogen (secondary N) is 1. The van der Waals surface area contributed by atoms with Gasteiger partial charge in [-0.3, -0.25) is 0 Å². The lowest BCUT2D eigenvalue weighted by atomic mass is 9.80. The molecule has 1 N–H and O–H groups in total. The SMILES string of the molecule is CCC(NC(=O)N1CCC2(CCOCC2)C1)c1cccs1. The van der Waals surface area contributed by atoms with Crippen LogP contribution in [-0.4, -0.2) is 37.2 Å². The molecule has 0 saturated carbocycles. The van der Waals surface area contributed by atoms with E-state index in [1.54, 1.807) is 11.3 Å². The number of carbonyl (C=O) groups is 1. The largest absolute Gasteiger partial charge is 0.381 e. The number of carbonyl (C=O) groups excluding carboxylic acids is 1. The number of amides is 2. The molecule has 0 radical (unpaired) electrons. The molecule has 21 heavy (non-hydrogen) atoms. The highest BCUT2D eigenvalue weighted by molar-refractivity contribution is 7.10. The van der Waals surface area contributed by atoms with Gasteiger partial charge in [0.05, 0.1) is 6.04 Å². The first-order valence-electron chi connectivity index (χ1n) is 7.89. The van der Waals surface area contributed by atoms with Gasteiger partial charge < -0.3 is 15.0 Å². The maximum atomic E-state index is 12.5. The third-order valence-corrected chi connectivity index (χ3v) is 5.86. The monoisotopic (exact) mass is 308 g/mol. The fourth-order valence-corrected chi connectivity index (χ4v) is 4.29. The maximum absolute atomic E-state index is 12.5. The number of urea groups is 1. The van der Waals surface area contributed by atoms with Crippen LogP contribution in [0.1, 0.15) is 43.5 Å². The van der Waals surface area contributed by atoms with E-state index in [4.69, 9.17) is 4.74 Å². The standard InChI is InChI=1S/C16H24N2O2S/c1-2-13(14-4-3-11-21-14)17-15(19)18-8-5-16(12-18)6-9-20-10-7-16/h3-4,11,13H,2,5-10,12H2,1H3,(H,17,19). The molecular formula is C16H24N2O2S. The summed E-state index contributed by atoms with van der Waals surface area (Å²) >= 11 is 1.71. The minimum Gasteiger partial charge on any atom is -0.381 e. The van der Waals surface area contributed by atoms with Crippen LogP contribution in [0.5, 0.6) is 0 Å². The van der Waals surface area contributed by atoms with Gasteiger partial charge in [-0.2, -0.15) is 0 Å². The molecule has 1 unspecified atom stereocenters. The van der Waals surface area contributed by atoms with Gasteiger partial charge in [0.1, 0.15) is 0 Å². The van der Waals surface area contributed by atoms with Gasteiger partial charge in [0, 0.05) is 31.2 Å². The van der Waals surface area contributed by atoms with Crippen molar-refractivity contribution in [3.8, 4) is 0 Å². The molecule has 1 atom stereocenters. The van der Waals surface area contributed by atoms with Crippen LogP contribution in [0.25, 0.3) is 0 Å². The Balaban J connectivity index is 1.58. The predicted octanol–water partition coefficient (Wildman–Crippen LogP) is 3.41. The predicted molar refractivity (Wildman–Crippen MR) is 84.6 cm³/mol. The number of thiophene rings is 1. The van der Waals surface area contributed by atoms with E-state index in [1.807, 2.05) is 11.0 Å². The zero-order valence-corrected chi connectivity index (χ0v) is 13.5. The Hall–Kier alpha value is -1.07.